The topological polar surface area (TPSA) is 32.3 Å². The number of aliphatic hydroxyl groups excluding tert-OH is 1. The zero-order chi connectivity index (χ0) is 12.2. The smallest absolute Gasteiger partial charge is 0.396 e. The first-order valence-corrected chi connectivity index (χ1v) is 4.96. The van der Waals surface area contributed by atoms with Crippen LogP contribution in [0.4, 0.5) is 18.9 Å². The van der Waals surface area contributed by atoms with Crippen LogP contribution in [0.5, 0.6) is 0 Å². The summed E-state index contributed by atoms with van der Waals surface area (Å²) in [6.07, 6.45) is -4.36. The maximum atomic E-state index is 12.6. The van der Waals surface area contributed by atoms with Crippen LogP contribution in [0.25, 0.3) is 0 Å². The van der Waals surface area contributed by atoms with Crippen molar-refractivity contribution in [2.45, 2.75) is 13.1 Å². The van der Waals surface area contributed by atoms with Gasteiger partial charge in [-0.2, -0.15) is 13.2 Å². The van der Waals surface area contributed by atoms with Gasteiger partial charge in [0, 0.05) is 18.8 Å². The molecule has 0 spiro atoms. The minimum absolute atomic E-state index is 0.0512. The third-order valence-electron chi connectivity index (χ3n) is 2.19. The Morgan fingerprint density at radius 2 is 1.94 bits per heavy atom. The molecule has 1 aromatic carbocycles. The summed E-state index contributed by atoms with van der Waals surface area (Å²) in [6, 6.07) is 5.31. The number of para-hydroxylation sites is 1. The van der Waals surface area contributed by atoms with Gasteiger partial charge < -0.3 is 10.4 Å². The van der Waals surface area contributed by atoms with Crippen molar-refractivity contribution in [3.63, 3.8) is 0 Å². The Morgan fingerprint density at radius 1 is 1.31 bits per heavy atom. The van der Waals surface area contributed by atoms with Crippen molar-refractivity contribution in [2.24, 2.45) is 5.92 Å². The first kappa shape index (κ1) is 12.8. The lowest BCUT2D eigenvalue weighted by molar-refractivity contribution is -0.136. The number of benzene rings is 1. The molecule has 0 aliphatic carbocycles. The molecule has 0 amide bonds. The van der Waals surface area contributed by atoms with Crippen molar-refractivity contribution in [2.75, 3.05) is 18.5 Å². The van der Waals surface area contributed by atoms with Gasteiger partial charge in [0.25, 0.3) is 0 Å². The number of hydrogen-bond donors (Lipinski definition) is 2. The van der Waals surface area contributed by atoms with Crippen LogP contribution >= 0.6 is 0 Å². The van der Waals surface area contributed by atoms with E-state index >= 15 is 0 Å². The lowest BCUT2D eigenvalue weighted by atomic mass is 10.1. The lowest BCUT2D eigenvalue weighted by Gasteiger charge is -2.16. The highest BCUT2D eigenvalue weighted by Crippen LogP contribution is 2.34. The normalized spacial score (nSPS) is 13.6. The summed E-state index contributed by atoms with van der Waals surface area (Å²) in [6.45, 7) is 2.01. The van der Waals surface area contributed by atoms with Crippen molar-refractivity contribution >= 4 is 5.69 Å². The van der Waals surface area contributed by atoms with Crippen molar-refractivity contribution < 1.29 is 18.3 Å². The van der Waals surface area contributed by atoms with Crippen LogP contribution in [0.15, 0.2) is 24.3 Å². The third-order valence-corrected chi connectivity index (χ3v) is 2.19. The number of aliphatic hydroxyl groups is 1. The number of nitrogens with one attached hydrogen (secondary N) is 1. The predicted octanol–water partition coefficient (Wildman–Crippen LogP) is 2.75. The molecule has 2 nitrogen and oxygen atoms in total. The summed E-state index contributed by atoms with van der Waals surface area (Å²) in [5.41, 5.74) is -0.629. The van der Waals surface area contributed by atoms with Crippen LogP contribution < -0.4 is 5.32 Å². The van der Waals surface area contributed by atoms with Crippen LogP contribution in [-0.4, -0.2) is 18.3 Å². The largest absolute Gasteiger partial charge is 0.418 e. The van der Waals surface area contributed by atoms with Crippen LogP contribution in [0.1, 0.15) is 12.5 Å². The van der Waals surface area contributed by atoms with Gasteiger partial charge in [0.1, 0.15) is 0 Å². The molecule has 90 valence electrons. The van der Waals surface area contributed by atoms with Crippen molar-refractivity contribution in [1.29, 1.82) is 0 Å². The summed E-state index contributed by atoms with van der Waals surface area (Å²) >= 11 is 0. The van der Waals surface area contributed by atoms with Gasteiger partial charge in [-0.05, 0) is 18.1 Å². The zero-order valence-corrected chi connectivity index (χ0v) is 8.88. The Balaban J connectivity index is 2.80. The molecule has 0 aromatic heterocycles. The maximum absolute atomic E-state index is 12.6. The average Bonchev–Trinajstić information content (AvgIpc) is 2.25. The number of anilines is 1. The van der Waals surface area contributed by atoms with E-state index in [9.17, 15) is 13.2 Å². The van der Waals surface area contributed by atoms with Crippen molar-refractivity contribution in [1.82, 2.24) is 0 Å². The molecule has 0 saturated carbocycles. The molecule has 0 radical (unpaired) electrons. The fraction of sp³-hybridized carbons (Fsp3) is 0.455. The van der Waals surface area contributed by atoms with E-state index in [0.29, 0.717) is 6.54 Å². The number of hydrogen-bond acceptors (Lipinski definition) is 2. The molecule has 5 heteroatoms. The lowest BCUT2D eigenvalue weighted by Crippen LogP contribution is -2.17. The summed E-state index contributed by atoms with van der Waals surface area (Å²) in [7, 11) is 0. The van der Waals surface area contributed by atoms with Gasteiger partial charge in [-0.1, -0.05) is 19.1 Å². The first-order chi connectivity index (χ1) is 7.45. The predicted molar refractivity (Wildman–Crippen MR) is 56.2 cm³/mol. The van der Waals surface area contributed by atoms with E-state index in [2.05, 4.69) is 5.32 Å². The van der Waals surface area contributed by atoms with Gasteiger partial charge in [-0.25, -0.2) is 0 Å². The number of alkyl halides is 3. The van der Waals surface area contributed by atoms with Gasteiger partial charge in [0.15, 0.2) is 0 Å². The Bertz CT molecular complexity index is 338. The molecule has 0 bridgehead atoms. The molecule has 0 aliphatic heterocycles. The molecule has 1 rings (SSSR count). The second-order valence-corrected chi connectivity index (χ2v) is 3.71. The van der Waals surface area contributed by atoms with Crippen LogP contribution in [-0.2, 0) is 6.18 Å². The highest BCUT2D eigenvalue weighted by atomic mass is 19.4. The van der Waals surface area contributed by atoms with Crippen LogP contribution in [0.3, 0.4) is 0 Å². The van der Waals surface area contributed by atoms with Crippen LogP contribution in [0, 0.1) is 5.92 Å². The molecule has 0 aliphatic rings. The third kappa shape index (κ3) is 3.41. The van der Waals surface area contributed by atoms with Gasteiger partial charge in [0.2, 0.25) is 0 Å². The zero-order valence-electron chi connectivity index (χ0n) is 8.88. The maximum Gasteiger partial charge on any atom is 0.418 e. The molecule has 1 unspecified atom stereocenters. The molecule has 0 heterocycles. The second-order valence-electron chi connectivity index (χ2n) is 3.71. The fourth-order valence-electron chi connectivity index (χ4n) is 1.23. The second kappa shape index (κ2) is 5.21. The molecular formula is C11H14F3NO. The van der Waals surface area contributed by atoms with E-state index < -0.39 is 11.7 Å². The van der Waals surface area contributed by atoms with Crippen LogP contribution in [0.2, 0.25) is 0 Å². The summed E-state index contributed by atoms with van der Waals surface area (Å²) < 4.78 is 37.7. The van der Waals surface area contributed by atoms with E-state index in [0.717, 1.165) is 6.07 Å². The fourth-order valence-corrected chi connectivity index (χ4v) is 1.23. The summed E-state index contributed by atoms with van der Waals surface area (Å²) in [5, 5.41) is 11.5. The number of rotatable bonds is 4. The van der Waals surface area contributed by atoms with Gasteiger partial charge in [-0.3, -0.25) is 0 Å². The SMILES string of the molecule is CC(CO)CNc1ccccc1C(F)(F)F. The van der Waals surface area contributed by atoms with Gasteiger partial charge in [-0.15, -0.1) is 0 Å². The molecule has 1 atom stereocenters. The van der Waals surface area contributed by atoms with Crippen molar-refractivity contribution in [3.05, 3.63) is 29.8 Å². The average molecular weight is 233 g/mol. The van der Waals surface area contributed by atoms with E-state index in [4.69, 9.17) is 5.11 Å². The van der Waals surface area contributed by atoms with Gasteiger partial charge >= 0.3 is 6.18 Å². The van der Waals surface area contributed by atoms with E-state index in [1.807, 2.05) is 0 Å². The molecule has 2 N–H and O–H groups in total. The van der Waals surface area contributed by atoms with E-state index in [1.54, 1.807) is 13.0 Å². The Morgan fingerprint density at radius 3 is 2.50 bits per heavy atom. The minimum atomic E-state index is -4.36. The Hall–Kier alpha value is -1.23. The standard InChI is InChI=1S/C11H14F3NO/c1-8(7-16)6-15-10-5-3-2-4-9(10)11(12,13)14/h2-5,8,15-16H,6-7H2,1H3. The molecule has 0 saturated heterocycles. The molecule has 16 heavy (non-hydrogen) atoms. The monoisotopic (exact) mass is 233 g/mol. The van der Waals surface area contributed by atoms with Crippen molar-refractivity contribution in [3.8, 4) is 0 Å². The van der Waals surface area contributed by atoms with E-state index in [-0.39, 0.29) is 18.2 Å². The molecule has 1 aromatic rings. The van der Waals surface area contributed by atoms with Gasteiger partial charge in [0.05, 0.1) is 5.56 Å². The molecular weight excluding hydrogens is 219 g/mol. The Labute approximate surface area is 92.1 Å². The summed E-state index contributed by atoms with van der Waals surface area (Å²) in [4.78, 5) is 0. The first-order valence-electron chi connectivity index (χ1n) is 4.96. The highest BCUT2D eigenvalue weighted by Gasteiger charge is 2.33. The Kier molecular flexibility index (Phi) is 4.18. The highest BCUT2D eigenvalue weighted by molar-refractivity contribution is 5.52. The van der Waals surface area contributed by atoms with E-state index in [1.165, 1.54) is 12.1 Å². The quantitative estimate of drug-likeness (QED) is 0.838. The minimum Gasteiger partial charge on any atom is -0.396 e. The summed E-state index contributed by atoms with van der Waals surface area (Å²) in [5.74, 6) is -0.0821. The number of halogens is 3. The molecule has 0 fully saturated rings.